The minimum Gasteiger partial charge on any atom is -0.509 e. The lowest BCUT2D eigenvalue weighted by atomic mass is 10.6. The molecule has 0 amide bonds. The Morgan fingerprint density at radius 2 is 2.57 bits per heavy atom. The average molecular weight is 102 g/mol. The molecule has 0 heterocycles. The van der Waals surface area contributed by atoms with Gasteiger partial charge in [0.15, 0.2) is 0 Å². The molecule has 0 saturated heterocycles. The molecule has 0 radical (unpaired) electrons. The first-order chi connectivity index (χ1) is 3.27. The molecule has 0 atom stereocenters. The minimum absolute atomic E-state index is 0.108. The van der Waals surface area contributed by atoms with Crippen molar-refractivity contribution in [1.82, 2.24) is 0 Å². The maximum Gasteiger partial charge on any atom is 0.293 e. The maximum atomic E-state index is 9.33. The fraction of sp³-hybridized carbons (Fsp3) is 0.250. The van der Waals surface area contributed by atoms with Crippen LogP contribution in [0.3, 0.4) is 0 Å². The molecule has 0 bridgehead atoms. The SMILES string of the molecule is C=C(O)COC=O. The van der Waals surface area contributed by atoms with Crippen molar-refractivity contribution in [2.45, 2.75) is 0 Å². The van der Waals surface area contributed by atoms with Crippen LogP contribution in [0.1, 0.15) is 0 Å². The first kappa shape index (κ1) is 6.01. The normalized spacial score (nSPS) is 7.43. The van der Waals surface area contributed by atoms with Crippen LogP contribution in [0.5, 0.6) is 0 Å². The summed E-state index contributed by atoms with van der Waals surface area (Å²) in [4.78, 5) is 9.33. The van der Waals surface area contributed by atoms with Crippen LogP contribution >= 0.6 is 0 Å². The summed E-state index contributed by atoms with van der Waals surface area (Å²) in [7, 11) is 0. The van der Waals surface area contributed by atoms with Crippen LogP contribution in [0, 0.1) is 0 Å². The third-order valence-corrected chi connectivity index (χ3v) is 0.318. The summed E-state index contributed by atoms with van der Waals surface area (Å²) in [6.45, 7) is 3.21. The maximum absolute atomic E-state index is 9.33. The summed E-state index contributed by atoms with van der Waals surface area (Å²) in [5.41, 5.74) is 0. The predicted molar refractivity (Wildman–Crippen MR) is 23.8 cm³/mol. The van der Waals surface area contributed by atoms with Crippen molar-refractivity contribution in [3.63, 3.8) is 0 Å². The molecule has 3 heteroatoms. The third-order valence-electron chi connectivity index (χ3n) is 0.318. The highest BCUT2D eigenvalue weighted by molar-refractivity contribution is 5.37. The van der Waals surface area contributed by atoms with Gasteiger partial charge in [-0.1, -0.05) is 6.58 Å². The second-order valence-corrected chi connectivity index (χ2v) is 0.973. The van der Waals surface area contributed by atoms with Crippen LogP contribution in [0.25, 0.3) is 0 Å². The number of hydrogen-bond donors (Lipinski definition) is 1. The molecule has 0 fully saturated rings. The lowest BCUT2D eigenvalue weighted by Crippen LogP contribution is -1.92. The van der Waals surface area contributed by atoms with Gasteiger partial charge in [0.2, 0.25) is 0 Å². The van der Waals surface area contributed by atoms with E-state index in [1.165, 1.54) is 0 Å². The molecule has 0 aromatic carbocycles. The molecule has 0 aliphatic carbocycles. The van der Waals surface area contributed by atoms with Crippen molar-refractivity contribution in [3.8, 4) is 0 Å². The van der Waals surface area contributed by atoms with Gasteiger partial charge in [-0.3, -0.25) is 4.79 Å². The van der Waals surface area contributed by atoms with Crippen LogP contribution in [0.2, 0.25) is 0 Å². The number of rotatable bonds is 3. The van der Waals surface area contributed by atoms with Gasteiger partial charge in [0, 0.05) is 0 Å². The standard InChI is InChI=1S/C4H6O3/c1-4(6)2-7-3-5/h3,6H,1-2H2. The number of ether oxygens (including phenoxy) is 1. The Hall–Kier alpha value is -0.990. The monoisotopic (exact) mass is 102 g/mol. The Morgan fingerprint density at radius 3 is 2.71 bits per heavy atom. The van der Waals surface area contributed by atoms with Crippen LogP contribution in [0.4, 0.5) is 0 Å². The van der Waals surface area contributed by atoms with Crippen molar-refractivity contribution in [1.29, 1.82) is 0 Å². The van der Waals surface area contributed by atoms with Crippen molar-refractivity contribution < 1.29 is 14.6 Å². The topological polar surface area (TPSA) is 46.5 Å². The first-order valence-corrected chi connectivity index (χ1v) is 1.69. The molecule has 0 saturated carbocycles. The second kappa shape index (κ2) is 3.21. The highest BCUT2D eigenvalue weighted by atomic mass is 16.5. The Bertz CT molecular complexity index is 77.0. The summed E-state index contributed by atoms with van der Waals surface area (Å²) < 4.78 is 4.06. The van der Waals surface area contributed by atoms with E-state index in [1.807, 2.05) is 0 Å². The number of hydrogen-bond acceptors (Lipinski definition) is 3. The molecule has 0 rings (SSSR count). The van der Waals surface area contributed by atoms with E-state index in [-0.39, 0.29) is 18.8 Å². The number of aliphatic hydroxyl groups is 1. The highest BCUT2D eigenvalue weighted by Gasteiger charge is 1.82. The first-order valence-electron chi connectivity index (χ1n) is 1.69. The summed E-state index contributed by atoms with van der Waals surface area (Å²) in [5, 5.41) is 8.21. The largest absolute Gasteiger partial charge is 0.509 e. The second-order valence-electron chi connectivity index (χ2n) is 0.973. The molecule has 40 valence electrons. The molecule has 0 aliphatic heterocycles. The van der Waals surface area contributed by atoms with E-state index in [9.17, 15) is 4.79 Å². The number of carbonyl (C=O) groups is 1. The van der Waals surface area contributed by atoms with Gasteiger partial charge in [0.25, 0.3) is 6.47 Å². The van der Waals surface area contributed by atoms with E-state index in [4.69, 9.17) is 5.11 Å². The summed E-state index contributed by atoms with van der Waals surface area (Å²) in [6, 6.07) is 0. The molecule has 0 unspecified atom stereocenters. The quantitative estimate of drug-likeness (QED) is 0.410. The molecule has 0 aromatic rings. The van der Waals surface area contributed by atoms with E-state index in [0.717, 1.165) is 0 Å². The molecular formula is C4H6O3. The lowest BCUT2D eigenvalue weighted by Gasteiger charge is -1.90. The van der Waals surface area contributed by atoms with Crippen molar-refractivity contribution in [2.75, 3.05) is 6.61 Å². The zero-order chi connectivity index (χ0) is 5.70. The van der Waals surface area contributed by atoms with Crippen molar-refractivity contribution >= 4 is 6.47 Å². The molecule has 0 aromatic heterocycles. The van der Waals surface area contributed by atoms with Crippen LogP contribution in [-0.2, 0) is 9.53 Å². The van der Waals surface area contributed by atoms with Gasteiger partial charge in [-0.05, 0) is 0 Å². The molecule has 7 heavy (non-hydrogen) atoms. The molecular weight excluding hydrogens is 96.0 g/mol. The predicted octanol–water partition coefficient (Wildman–Crippen LogP) is 0.231. The summed E-state index contributed by atoms with van der Waals surface area (Å²) in [5.74, 6) is -0.146. The van der Waals surface area contributed by atoms with Crippen molar-refractivity contribution in [2.24, 2.45) is 0 Å². The lowest BCUT2D eigenvalue weighted by molar-refractivity contribution is -0.128. The van der Waals surface area contributed by atoms with Gasteiger partial charge < -0.3 is 9.84 Å². The van der Waals surface area contributed by atoms with E-state index >= 15 is 0 Å². The van der Waals surface area contributed by atoms with Gasteiger partial charge in [0.05, 0.1) is 0 Å². The smallest absolute Gasteiger partial charge is 0.293 e. The summed E-state index contributed by atoms with van der Waals surface area (Å²) >= 11 is 0. The van der Waals surface area contributed by atoms with Gasteiger partial charge >= 0.3 is 0 Å². The third kappa shape index (κ3) is 5.01. The molecule has 0 spiro atoms. The van der Waals surface area contributed by atoms with Gasteiger partial charge in [0.1, 0.15) is 12.4 Å². The van der Waals surface area contributed by atoms with Crippen LogP contribution in [0.15, 0.2) is 12.3 Å². The molecule has 1 N–H and O–H groups in total. The summed E-state index contributed by atoms with van der Waals surface area (Å²) in [6.07, 6.45) is 0. The van der Waals surface area contributed by atoms with Gasteiger partial charge in [-0.2, -0.15) is 0 Å². The Balaban J connectivity index is 2.97. The van der Waals surface area contributed by atoms with E-state index in [0.29, 0.717) is 0 Å². The number of carbonyl (C=O) groups excluding carboxylic acids is 1. The Labute approximate surface area is 41.2 Å². The van der Waals surface area contributed by atoms with E-state index in [2.05, 4.69) is 11.3 Å². The van der Waals surface area contributed by atoms with E-state index < -0.39 is 0 Å². The van der Waals surface area contributed by atoms with Gasteiger partial charge in [-0.15, -0.1) is 0 Å². The van der Waals surface area contributed by atoms with E-state index in [1.54, 1.807) is 0 Å². The van der Waals surface area contributed by atoms with Crippen molar-refractivity contribution in [3.05, 3.63) is 12.3 Å². The van der Waals surface area contributed by atoms with Crippen LogP contribution < -0.4 is 0 Å². The van der Waals surface area contributed by atoms with Gasteiger partial charge in [-0.25, -0.2) is 0 Å². The highest BCUT2D eigenvalue weighted by Crippen LogP contribution is 1.78. The Kier molecular flexibility index (Phi) is 2.76. The zero-order valence-corrected chi connectivity index (χ0v) is 3.76. The Morgan fingerprint density at radius 1 is 2.00 bits per heavy atom. The number of aliphatic hydroxyl groups excluding tert-OH is 1. The zero-order valence-electron chi connectivity index (χ0n) is 3.76. The molecule has 0 aliphatic rings. The molecule has 3 nitrogen and oxygen atoms in total. The fourth-order valence-electron chi connectivity index (χ4n) is 0.130. The van der Waals surface area contributed by atoms with Crippen LogP contribution in [-0.4, -0.2) is 18.2 Å². The minimum atomic E-state index is -0.146. The fourth-order valence-corrected chi connectivity index (χ4v) is 0.130. The average Bonchev–Trinajstić information content (AvgIpc) is 1.61.